The third kappa shape index (κ3) is 7.11. The van der Waals surface area contributed by atoms with Gasteiger partial charge in [0.15, 0.2) is 22.2 Å². The molecule has 0 saturated carbocycles. The summed E-state index contributed by atoms with van der Waals surface area (Å²) in [5.74, 6) is -0.253. The maximum absolute atomic E-state index is 11.9. The molecule has 0 aromatic heterocycles. The van der Waals surface area contributed by atoms with Gasteiger partial charge in [0.1, 0.15) is 0 Å². The van der Waals surface area contributed by atoms with Crippen LogP contribution in [0.2, 0.25) is 0 Å². The zero-order valence-electron chi connectivity index (χ0n) is 10.9. The second-order valence-corrected chi connectivity index (χ2v) is 5.76. The first kappa shape index (κ1) is 20.0. The van der Waals surface area contributed by atoms with Crippen molar-refractivity contribution < 1.29 is 56.8 Å². The molecular weight excluding hydrogens is 319 g/mol. The monoisotopic (exact) mass is 330 g/mol. The van der Waals surface area contributed by atoms with Crippen LogP contribution in [0.25, 0.3) is 0 Å². The van der Waals surface area contributed by atoms with E-state index >= 15 is 0 Å². The molecule has 0 amide bonds. The molecular formula is C9H11N2NaO6S2. The predicted octanol–water partition coefficient (Wildman–Crippen LogP) is -2.02. The van der Waals surface area contributed by atoms with Gasteiger partial charge in [-0.1, -0.05) is 0 Å². The smallest absolute Gasteiger partial charge is 0.691 e. The van der Waals surface area contributed by atoms with E-state index in [0.717, 1.165) is 0 Å². The molecule has 20 heavy (non-hydrogen) atoms. The summed E-state index contributed by atoms with van der Waals surface area (Å²) in [5, 5.41) is 19.8. The van der Waals surface area contributed by atoms with Gasteiger partial charge in [0, 0.05) is 7.05 Å². The Balaban J connectivity index is 0.00000361. The summed E-state index contributed by atoms with van der Waals surface area (Å²) in [6.45, 7) is -0.146. The molecule has 8 nitrogen and oxygen atoms in total. The van der Waals surface area contributed by atoms with Crippen molar-refractivity contribution in [1.29, 1.82) is 0 Å². The average Bonchev–Trinajstić information content (AvgIpc) is 2.39. The minimum absolute atomic E-state index is 0. The van der Waals surface area contributed by atoms with E-state index in [4.69, 9.17) is 0 Å². The predicted molar refractivity (Wildman–Crippen MR) is 64.6 cm³/mol. The van der Waals surface area contributed by atoms with Crippen LogP contribution in [0, 0.1) is 0 Å². The van der Waals surface area contributed by atoms with Crippen molar-refractivity contribution in [1.82, 2.24) is 0 Å². The van der Waals surface area contributed by atoms with Crippen molar-refractivity contribution in [3.05, 3.63) is 24.3 Å². The summed E-state index contributed by atoms with van der Waals surface area (Å²) in [7, 11) is -1.94. The third-order valence-electron chi connectivity index (χ3n) is 1.95. The molecule has 0 fully saturated rings. The van der Waals surface area contributed by atoms with Gasteiger partial charge in [-0.25, -0.2) is 8.42 Å². The largest absolute Gasteiger partial charge is 1.00 e. The molecule has 0 aliphatic heterocycles. The number of sulfone groups is 1. The minimum atomic E-state index is -3.46. The van der Waals surface area contributed by atoms with Crippen LogP contribution in [0.15, 0.2) is 39.4 Å². The zero-order valence-corrected chi connectivity index (χ0v) is 14.5. The van der Waals surface area contributed by atoms with Crippen LogP contribution in [0.5, 0.6) is 0 Å². The summed E-state index contributed by atoms with van der Waals surface area (Å²) < 4.78 is 32.2. The van der Waals surface area contributed by atoms with Crippen LogP contribution in [0.1, 0.15) is 0 Å². The van der Waals surface area contributed by atoms with Gasteiger partial charge >= 0.3 is 29.6 Å². The number of benzene rings is 1. The fraction of sp³-hybridized carbons (Fsp3) is 0.333. The molecule has 0 atom stereocenters. The number of hydrogen-bond donors (Lipinski definition) is 0. The number of rotatable bonds is 8. The molecule has 0 spiro atoms. The van der Waals surface area contributed by atoms with Crippen LogP contribution in [-0.4, -0.2) is 27.8 Å². The van der Waals surface area contributed by atoms with Gasteiger partial charge in [-0.3, -0.25) is 9.22 Å². The Labute approximate surface area is 143 Å². The molecule has 0 aliphatic rings. The van der Waals surface area contributed by atoms with E-state index in [2.05, 4.69) is 23.8 Å². The molecule has 0 aliphatic carbocycles. The topological polar surface area (TPSA) is 110 Å². The quantitative estimate of drug-likeness (QED) is 0.135. The van der Waals surface area contributed by atoms with E-state index in [9.17, 15) is 13.7 Å². The van der Waals surface area contributed by atoms with Crippen LogP contribution < -0.4 is 34.8 Å². The molecule has 11 heteroatoms. The van der Waals surface area contributed by atoms with Crippen LogP contribution in [0.4, 0.5) is 5.69 Å². The van der Waals surface area contributed by atoms with Gasteiger partial charge in [-0.15, -0.1) is 4.33 Å². The van der Waals surface area contributed by atoms with Crippen LogP contribution in [0.3, 0.4) is 0 Å². The maximum Gasteiger partial charge on any atom is 1.00 e. The second kappa shape index (κ2) is 10.7. The van der Waals surface area contributed by atoms with E-state index in [1.807, 2.05) is 0 Å². The maximum atomic E-state index is 11.9. The molecule has 1 aromatic carbocycles. The summed E-state index contributed by atoms with van der Waals surface area (Å²) in [6, 6.07) is 5.96. The number of hydrogen-bond acceptors (Lipinski definition) is 9. The van der Waals surface area contributed by atoms with Crippen molar-refractivity contribution >= 4 is 27.8 Å². The van der Waals surface area contributed by atoms with Gasteiger partial charge in [0.25, 0.3) is 0 Å². The normalized spacial score (nSPS) is 11.5. The first-order valence-corrected chi connectivity index (χ1v) is 7.29. The second-order valence-electron chi connectivity index (χ2n) is 3.14. The fourth-order valence-corrected chi connectivity index (χ4v) is 2.57. The van der Waals surface area contributed by atoms with Gasteiger partial charge < -0.3 is 5.26 Å². The van der Waals surface area contributed by atoms with E-state index in [-0.39, 0.29) is 59.1 Å². The summed E-state index contributed by atoms with van der Waals surface area (Å²) in [6.07, 6.45) is 0. The minimum Gasteiger partial charge on any atom is -0.691 e. The van der Waals surface area contributed by atoms with Crippen molar-refractivity contribution in [2.45, 2.75) is 4.90 Å². The SMILES string of the molecule is CN=Nc1ccc(S(=O)(=O)CCOSOO[O-])cc1.[Na+]. The van der Waals surface area contributed by atoms with Crippen molar-refractivity contribution in [2.24, 2.45) is 10.2 Å². The average molecular weight is 330 g/mol. The van der Waals surface area contributed by atoms with E-state index in [1.54, 1.807) is 12.1 Å². The summed E-state index contributed by atoms with van der Waals surface area (Å²) >= 11 is 0.272. The van der Waals surface area contributed by atoms with Gasteiger partial charge in [0.05, 0.1) is 22.9 Å². The molecule has 0 bridgehead atoms. The molecule has 0 radical (unpaired) electrons. The summed E-state index contributed by atoms with van der Waals surface area (Å²) in [5.41, 5.74) is 0.564. The molecule has 1 rings (SSSR count). The molecule has 1 aromatic rings. The van der Waals surface area contributed by atoms with Gasteiger partial charge in [-0.2, -0.15) is 10.2 Å². The van der Waals surface area contributed by atoms with E-state index < -0.39 is 9.84 Å². The molecule has 0 heterocycles. The number of nitrogens with zero attached hydrogens (tertiary/aromatic N) is 2. The Kier molecular flexibility index (Phi) is 10.6. The van der Waals surface area contributed by atoms with E-state index in [0.29, 0.717) is 5.69 Å². The van der Waals surface area contributed by atoms with Crippen LogP contribution >= 0.6 is 12.3 Å². The molecule has 0 unspecified atom stereocenters. The Hall–Kier alpha value is -0.0400. The third-order valence-corrected chi connectivity index (χ3v) is 4.02. The molecule has 0 N–H and O–H groups in total. The van der Waals surface area contributed by atoms with Gasteiger partial charge in [0.2, 0.25) is 0 Å². The Bertz CT molecular complexity index is 508. The van der Waals surface area contributed by atoms with Gasteiger partial charge in [-0.05, 0) is 24.3 Å². The number of azo groups is 1. The van der Waals surface area contributed by atoms with Crippen molar-refractivity contribution in [3.63, 3.8) is 0 Å². The fourth-order valence-electron chi connectivity index (χ4n) is 1.16. The van der Waals surface area contributed by atoms with Crippen LogP contribution in [-0.2, 0) is 23.4 Å². The Morgan fingerprint density at radius 3 is 2.50 bits per heavy atom. The standard InChI is InChI=1S/C9H12N2O6S2.Na/c1-10-11-8-2-4-9(5-3-8)19(13,14)7-6-15-18-17-16-12;/h2-5,12H,6-7H2,1H3;/q;+1/p-1. The Morgan fingerprint density at radius 1 is 1.30 bits per heavy atom. The summed E-state index contributed by atoms with van der Waals surface area (Å²) in [4.78, 5) is 0.150. The van der Waals surface area contributed by atoms with Crippen molar-refractivity contribution in [3.8, 4) is 0 Å². The molecule has 106 valence electrons. The first-order chi connectivity index (χ1) is 9.10. The Morgan fingerprint density at radius 2 is 1.95 bits per heavy atom. The van der Waals surface area contributed by atoms with Crippen molar-refractivity contribution in [2.75, 3.05) is 19.4 Å². The first-order valence-electron chi connectivity index (χ1n) is 4.97. The van der Waals surface area contributed by atoms with E-state index in [1.165, 1.54) is 19.2 Å². The molecule has 0 saturated heterocycles. The zero-order chi connectivity index (χ0) is 14.1.